The molecule has 2 heterocycles. The van der Waals surface area contributed by atoms with Gasteiger partial charge >= 0.3 is 6.18 Å². The fourth-order valence-corrected chi connectivity index (χ4v) is 3.76. The van der Waals surface area contributed by atoms with Gasteiger partial charge < -0.3 is 10.2 Å². The van der Waals surface area contributed by atoms with Gasteiger partial charge in [-0.3, -0.25) is 19.3 Å². The molecule has 2 amide bonds. The van der Waals surface area contributed by atoms with Crippen LogP contribution in [0.15, 0.2) is 24.3 Å². The SMILES string of the molecule is O=C(NCc1n[nH]c(=S)n1C1CC1)C1CC(=O)N(c2cccc(C(F)(F)F)c2)C1. The second kappa shape index (κ2) is 7.29. The minimum Gasteiger partial charge on any atom is -0.348 e. The summed E-state index contributed by atoms with van der Waals surface area (Å²) in [7, 11) is 0. The molecule has 1 atom stereocenters. The van der Waals surface area contributed by atoms with E-state index in [1.807, 2.05) is 4.57 Å². The topological polar surface area (TPSA) is 83.0 Å². The Labute approximate surface area is 168 Å². The number of hydrogen-bond donors (Lipinski definition) is 2. The molecule has 29 heavy (non-hydrogen) atoms. The van der Waals surface area contributed by atoms with Crippen molar-refractivity contribution in [3.63, 3.8) is 0 Å². The van der Waals surface area contributed by atoms with E-state index < -0.39 is 17.7 Å². The first-order chi connectivity index (χ1) is 13.7. The zero-order valence-electron chi connectivity index (χ0n) is 15.2. The van der Waals surface area contributed by atoms with E-state index in [9.17, 15) is 22.8 Å². The summed E-state index contributed by atoms with van der Waals surface area (Å²) < 4.78 is 41.2. The number of hydrogen-bond acceptors (Lipinski definition) is 4. The molecule has 2 N–H and O–H groups in total. The predicted octanol–water partition coefficient (Wildman–Crippen LogP) is 2.96. The summed E-state index contributed by atoms with van der Waals surface area (Å²) in [5.41, 5.74) is -0.701. The standard InChI is InChI=1S/C18H18F3N5O2S/c19-18(20,21)11-2-1-3-13(7-11)25-9-10(6-15(25)27)16(28)22-8-14-23-24-17(29)26(14)12-4-5-12/h1-3,7,10,12H,4-6,8-9H2,(H,22,28)(H,24,29). The van der Waals surface area contributed by atoms with Crippen molar-refractivity contribution in [1.29, 1.82) is 0 Å². The van der Waals surface area contributed by atoms with E-state index in [4.69, 9.17) is 12.2 Å². The molecule has 0 spiro atoms. The number of nitrogens with one attached hydrogen (secondary N) is 2. The van der Waals surface area contributed by atoms with Crippen LogP contribution < -0.4 is 10.2 Å². The molecular formula is C18H18F3N5O2S. The largest absolute Gasteiger partial charge is 0.416 e. The molecule has 4 rings (SSSR count). The lowest BCUT2D eigenvalue weighted by atomic mass is 10.1. The molecule has 2 aromatic rings. The number of aromatic nitrogens is 3. The number of halogens is 3. The van der Waals surface area contributed by atoms with Crippen molar-refractivity contribution in [1.82, 2.24) is 20.1 Å². The maximum Gasteiger partial charge on any atom is 0.416 e. The highest BCUT2D eigenvalue weighted by Gasteiger charge is 2.37. The number of carbonyl (C=O) groups is 2. The fourth-order valence-electron chi connectivity index (χ4n) is 3.46. The van der Waals surface area contributed by atoms with Crippen LogP contribution in [0.25, 0.3) is 0 Å². The number of alkyl halides is 3. The van der Waals surface area contributed by atoms with Gasteiger partial charge in [0.1, 0.15) is 0 Å². The summed E-state index contributed by atoms with van der Waals surface area (Å²) in [6.45, 7) is 0.193. The summed E-state index contributed by atoms with van der Waals surface area (Å²) in [5, 5.41) is 9.61. The van der Waals surface area contributed by atoms with Crippen LogP contribution in [0.2, 0.25) is 0 Å². The van der Waals surface area contributed by atoms with Gasteiger partial charge in [-0.05, 0) is 43.3 Å². The number of anilines is 1. The molecule has 1 aliphatic heterocycles. The Morgan fingerprint density at radius 1 is 1.34 bits per heavy atom. The van der Waals surface area contributed by atoms with Crippen molar-refractivity contribution in [3.8, 4) is 0 Å². The van der Waals surface area contributed by atoms with E-state index in [0.717, 1.165) is 25.0 Å². The van der Waals surface area contributed by atoms with Crippen LogP contribution in [0.3, 0.4) is 0 Å². The summed E-state index contributed by atoms with van der Waals surface area (Å²) >= 11 is 5.20. The molecule has 154 valence electrons. The van der Waals surface area contributed by atoms with Crippen molar-refractivity contribution < 1.29 is 22.8 Å². The van der Waals surface area contributed by atoms with Gasteiger partial charge in [-0.15, -0.1) is 0 Å². The Balaban J connectivity index is 1.41. The summed E-state index contributed by atoms with van der Waals surface area (Å²) in [6.07, 6.45) is -2.53. The van der Waals surface area contributed by atoms with Crippen LogP contribution >= 0.6 is 12.2 Å². The van der Waals surface area contributed by atoms with Crippen molar-refractivity contribution in [2.24, 2.45) is 5.92 Å². The van der Waals surface area contributed by atoms with Gasteiger partial charge in [0.2, 0.25) is 11.8 Å². The van der Waals surface area contributed by atoms with Crippen LogP contribution in [0.1, 0.15) is 36.7 Å². The molecule has 7 nitrogen and oxygen atoms in total. The second-order valence-electron chi connectivity index (χ2n) is 7.22. The van der Waals surface area contributed by atoms with Crippen molar-refractivity contribution >= 4 is 29.7 Å². The Morgan fingerprint density at radius 2 is 2.10 bits per heavy atom. The molecule has 0 radical (unpaired) electrons. The average Bonchev–Trinajstić information content (AvgIpc) is 3.33. The fraction of sp³-hybridized carbons (Fsp3) is 0.444. The minimum absolute atomic E-state index is 0.0292. The van der Waals surface area contributed by atoms with E-state index in [2.05, 4.69) is 15.5 Å². The predicted molar refractivity (Wildman–Crippen MR) is 99.4 cm³/mol. The first-order valence-corrected chi connectivity index (χ1v) is 9.56. The van der Waals surface area contributed by atoms with Gasteiger partial charge in [-0.2, -0.15) is 18.3 Å². The van der Waals surface area contributed by atoms with E-state index in [0.29, 0.717) is 16.6 Å². The third kappa shape index (κ3) is 4.04. The summed E-state index contributed by atoms with van der Waals surface area (Å²) in [5.74, 6) is -0.757. The maximum absolute atomic E-state index is 12.9. The van der Waals surface area contributed by atoms with Gasteiger partial charge in [-0.1, -0.05) is 6.07 Å². The third-order valence-electron chi connectivity index (χ3n) is 5.09. The average molecular weight is 425 g/mol. The molecule has 1 aliphatic carbocycles. The quantitative estimate of drug-likeness (QED) is 0.722. The zero-order chi connectivity index (χ0) is 20.8. The molecule has 2 aliphatic rings. The lowest BCUT2D eigenvalue weighted by Gasteiger charge is -2.18. The molecule has 1 saturated heterocycles. The van der Waals surface area contributed by atoms with Crippen LogP contribution in [0.5, 0.6) is 0 Å². The molecule has 0 bridgehead atoms. The number of benzene rings is 1. The van der Waals surface area contributed by atoms with Crippen molar-refractivity contribution in [3.05, 3.63) is 40.4 Å². The van der Waals surface area contributed by atoms with E-state index in [1.165, 1.54) is 17.0 Å². The summed E-state index contributed by atoms with van der Waals surface area (Å²) in [4.78, 5) is 26.1. The van der Waals surface area contributed by atoms with Gasteiger partial charge in [-0.25, -0.2) is 0 Å². The van der Waals surface area contributed by atoms with Crippen LogP contribution in [-0.4, -0.2) is 33.1 Å². The third-order valence-corrected chi connectivity index (χ3v) is 5.38. The Bertz CT molecular complexity index is 1010. The van der Waals surface area contributed by atoms with Crippen molar-refractivity contribution in [2.45, 2.75) is 38.0 Å². The summed E-state index contributed by atoms with van der Waals surface area (Å²) in [6, 6.07) is 4.85. The zero-order valence-corrected chi connectivity index (χ0v) is 16.0. The molecule has 2 fully saturated rings. The number of nitrogens with zero attached hydrogens (tertiary/aromatic N) is 3. The van der Waals surface area contributed by atoms with Crippen LogP contribution in [0, 0.1) is 10.7 Å². The molecule has 1 aromatic carbocycles. The first-order valence-electron chi connectivity index (χ1n) is 9.15. The number of aromatic amines is 1. The highest BCUT2D eigenvalue weighted by Crippen LogP contribution is 2.36. The first kappa shape index (κ1) is 19.6. The monoisotopic (exact) mass is 425 g/mol. The molecule has 11 heteroatoms. The second-order valence-corrected chi connectivity index (χ2v) is 7.60. The van der Waals surface area contributed by atoms with Crippen molar-refractivity contribution in [2.75, 3.05) is 11.4 Å². The van der Waals surface area contributed by atoms with Crippen LogP contribution in [-0.2, 0) is 22.3 Å². The number of carbonyl (C=O) groups excluding carboxylic acids is 2. The van der Waals surface area contributed by atoms with E-state index in [1.54, 1.807) is 0 Å². The Morgan fingerprint density at radius 3 is 2.79 bits per heavy atom. The number of rotatable bonds is 5. The van der Waals surface area contributed by atoms with Crippen LogP contribution in [0.4, 0.5) is 18.9 Å². The number of H-pyrrole nitrogens is 1. The Hall–Kier alpha value is -2.69. The molecule has 1 unspecified atom stereocenters. The lowest BCUT2D eigenvalue weighted by molar-refractivity contribution is -0.137. The van der Waals surface area contributed by atoms with E-state index >= 15 is 0 Å². The van der Waals surface area contributed by atoms with E-state index in [-0.39, 0.29) is 37.0 Å². The van der Waals surface area contributed by atoms with Gasteiger partial charge in [0.25, 0.3) is 0 Å². The normalized spacial score (nSPS) is 19.6. The number of amides is 2. The van der Waals surface area contributed by atoms with Gasteiger partial charge in [0.15, 0.2) is 10.6 Å². The maximum atomic E-state index is 12.9. The molecule has 1 aromatic heterocycles. The minimum atomic E-state index is -4.50. The molecular weight excluding hydrogens is 407 g/mol. The lowest BCUT2D eigenvalue weighted by Crippen LogP contribution is -2.33. The Kier molecular flexibility index (Phi) is 4.93. The smallest absolute Gasteiger partial charge is 0.348 e. The highest BCUT2D eigenvalue weighted by molar-refractivity contribution is 7.71. The van der Waals surface area contributed by atoms with Gasteiger partial charge in [0.05, 0.1) is 18.0 Å². The highest BCUT2D eigenvalue weighted by atomic mass is 32.1. The molecule has 1 saturated carbocycles. The van der Waals surface area contributed by atoms with Gasteiger partial charge in [0, 0.05) is 24.7 Å².